The number of halogens is 3. The van der Waals surface area contributed by atoms with E-state index in [0.717, 1.165) is 31.0 Å². The van der Waals surface area contributed by atoms with Crippen LogP contribution in [0.25, 0.3) is 28.0 Å². The van der Waals surface area contributed by atoms with Crippen molar-refractivity contribution in [2.45, 2.75) is 44.7 Å². The molecule has 3 aliphatic rings. The third kappa shape index (κ3) is 4.77. The lowest BCUT2D eigenvalue weighted by Gasteiger charge is -2.44. The van der Waals surface area contributed by atoms with Crippen molar-refractivity contribution in [2.24, 2.45) is 0 Å². The van der Waals surface area contributed by atoms with Crippen molar-refractivity contribution in [3.63, 3.8) is 0 Å². The van der Waals surface area contributed by atoms with Crippen molar-refractivity contribution in [1.29, 1.82) is 0 Å². The maximum absolute atomic E-state index is 16.2. The first-order valence-corrected chi connectivity index (χ1v) is 14.7. The maximum Gasteiger partial charge on any atom is 0.356 e. The van der Waals surface area contributed by atoms with Crippen LogP contribution in [0.15, 0.2) is 47.9 Å². The Morgan fingerprint density at radius 1 is 1.00 bits per heavy atom. The van der Waals surface area contributed by atoms with Gasteiger partial charge in [0, 0.05) is 43.4 Å². The Labute approximate surface area is 255 Å². The Morgan fingerprint density at radius 2 is 1.76 bits per heavy atom. The summed E-state index contributed by atoms with van der Waals surface area (Å²) in [5.41, 5.74) is -0.919. The molecule has 13 heteroatoms. The summed E-state index contributed by atoms with van der Waals surface area (Å²) >= 11 is 0. The number of carbonyl (C=O) groups is 1. The second-order valence-corrected chi connectivity index (χ2v) is 11.5. The minimum absolute atomic E-state index is 0.0409. The summed E-state index contributed by atoms with van der Waals surface area (Å²) in [5.74, 6) is -3.08. The lowest BCUT2D eigenvalue weighted by molar-refractivity contribution is -0.128. The third-order valence-electron chi connectivity index (χ3n) is 8.50. The number of anilines is 1. The molecule has 0 unspecified atom stereocenters. The number of carbonyl (C=O) groups excluding carboxylic acids is 1. The molecule has 2 fully saturated rings. The van der Waals surface area contributed by atoms with Gasteiger partial charge in [0.15, 0.2) is 23.0 Å². The second kappa shape index (κ2) is 10.9. The number of nitrogens with zero attached hydrogens (tertiary/aromatic N) is 6. The molecule has 1 saturated heterocycles. The molecule has 1 aliphatic carbocycles. The molecule has 1 saturated carbocycles. The van der Waals surface area contributed by atoms with Crippen LogP contribution in [0.2, 0.25) is 0 Å². The monoisotopic (exact) mass is 618 g/mol. The fourth-order valence-corrected chi connectivity index (χ4v) is 6.19. The molecule has 2 atom stereocenters. The normalized spacial score (nSPS) is 19.6. The molecule has 4 aromatic rings. The zero-order chi connectivity index (χ0) is 31.6. The molecule has 10 nitrogen and oxygen atoms in total. The van der Waals surface area contributed by atoms with Crippen LogP contribution in [0, 0.1) is 17.5 Å². The van der Waals surface area contributed by atoms with Gasteiger partial charge in [0.1, 0.15) is 42.0 Å². The van der Waals surface area contributed by atoms with Crippen molar-refractivity contribution in [3.05, 3.63) is 76.7 Å². The molecule has 0 radical (unpaired) electrons. The molecule has 7 rings (SSSR count). The summed E-state index contributed by atoms with van der Waals surface area (Å²) in [4.78, 5) is 43.7. The standard InChI is InChI=1S/C32H29F3N6O4/c1-4-24(42)39-14-17(3)40(15-16(39)2)30-19-13-22(35)27-25-20(33)7-8-21(34)29(25)45-12-11-44-23-9-10-36-26(18-5-6-18)28(23)41(31(19)37-27)32(43)38-30/h4,7-10,13,16-18H,1,5-6,11-12,14-15H2,2-3H3/t16-,17+/m1/s1. The average molecular weight is 619 g/mol. The van der Waals surface area contributed by atoms with Crippen LogP contribution < -0.4 is 20.1 Å². The van der Waals surface area contributed by atoms with Gasteiger partial charge in [-0.15, -0.1) is 0 Å². The summed E-state index contributed by atoms with van der Waals surface area (Å²) < 4.78 is 59.5. The van der Waals surface area contributed by atoms with Crippen LogP contribution in [0.1, 0.15) is 38.3 Å². The summed E-state index contributed by atoms with van der Waals surface area (Å²) in [6, 6.07) is 3.86. The Hall–Kier alpha value is -4.94. The van der Waals surface area contributed by atoms with E-state index in [4.69, 9.17) is 9.47 Å². The highest BCUT2D eigenvalue weighted by atomic mass is 19.1. The Kier molecular flexibility index (Phi) is 6.98. The third-order valence-corrected chi connectivity index (χ3v) is 8.50. The number of hydrogen-bond donors (Lipinski definition) is 0. The van der Waals surface area contributed by atoms with Crippen molar-refractivity contribution >= 4 is 22.8 Å². The molecule has 0 N–H and O–H groups in total. The number of hydrogen-bond acceptors (Lipinski definition) is 8. The van der Waals surface area contributed by atoms with E-state index in [1.54, 1.807) is 17.2 Å². The molecule has 2 aliphatic heterocycles. The summed E-state index contributed by atoms with van der Waals surface area (Å²) in [5, 5.41) is 0.159. The van der Waals surface area contributed by atoms with E-state index in [2.05, 4.69) is 21.5 Å². The molecule has 5 heterocycles. The van der Waals surface area contributed by atoms with Crippen LogP contribution >= 0.6 is 0 Å². The van der Waals surface area contributed by atoms with E-state index in [1.165, 1.54) is 10.6 Å². The summed E-state index contributed by atoms with van der Waals surface area (Å²) in [7, 11) is 0. The minimum atomic E-state index is -0.964. The number of amides is 1. The minimum Gasteiger partial charge on any atom is -0.488 e. The van der Waals surface area contributed by atoms with E-state index >= 15 is 13.2 Å². The molecule has 3 aromatic heterocycles. The van der Waals surface area contributed by atoms with Crippen LogP contribution in [0.3, 0.4) is 0 Å². The predicted molar refractivity (Wildman–Crippen MR) is 159 cm³/mol. The first-order chi connectivity index (χ1) is 21.7. The van der Waals surface area contributed by atoms with E-state index in [9.17, 15) is 9.59 Å². The van der Waals surface area contributed by atoms with Gasteiger partial charge in [0.25, 0.3) is 0 Å². The van der Waals surface area contributed by atoms with Crippen molar-refractivity contribution < 1.29 is 27.4 Å². The van der Waals surface area contributed by atoms with Gasteiger partial charge in [0.2, 0.25) is 5.91 Å². The van der Waals surface area contributed by atoms with Gasteiger partial charge < -0.3 is 19.3 Å². The van der Waals surface area contributed by atoms with Crippen molar-refractivity contribution in [3.8, 4) is 28.4 Å². The van der Waals surface area contributed by atoms with Crippen molar-refractivity contribution in [1.82, 2.24) is 24.4 Å². The second-order valence-electron chi connectivity index (χ2n) is 11.5. The van der Waals surface area contributed by atoms with Gasteiger partial charge in [-0.1, -0.05) is 6.58 Å². The topological polar surface area (TPSA) is 103 Å². The van der Waals surface area contributed by atoms with Gasteiger partial charge in [-0.25, -0.2) is 27.5 Å². The first kappa shape index (κ1) is 28.8. The quantitative estimate of drug-likeness (QED) is 0.309. The summed E-state index contributed by atoms with van der Waals surface area (Å²) in [6.45, 7) is 7.59. The fourth-order valence-electron chi connectivity index (χ4n) is 6.19. The summed E-state index contributed by atoms with van der Waals surface area (Å²) in [6.07, 6.45) is 4.51. The van der Waals surface area contributed by atoms with Gasteiger partial charge in [-0.2, -0.15) is 4.98 Å². The molecule has 1 amide bonds. The SMILES string of the molecule is C=CC(=O)N1C[C@H](C)N(c2nc(=O)n3c4nc(c(F)cc24)-c2c(F)ccc(F)c2OCCOc2ccnc(C4CC4)c2-3)C[C@H]1C. The molecule has 1 aromatic carbocycles. The Bertz CT molecular complexity index is 1950. The molecule has 45 heavy (non-hydrogen) atoms. The maximum atomic E-state index is 16.2. The van der Waals surface area contributed by atoms with Crippen LogP contribution in [-0.4, -0.2) is 68.7 Å². The molecular formula is C32H29F3N6O4. The number of pyridine rings is 2. The zero-order valence-corrected chi connectivity index (χ0v) is 24.6. The van der Waals surface area contributed by atoms with Gasteiger partial charge in [0.05, 0.1) is 16.6 Å². The Balaban J connectivity index is 1.54. The number of aromatic nitrogens is 4. The highest BCUT2D eigenvalue weighted by Gasteiger charge is 2.36. The van der Waals surface area contributed by atoms with Gasteiger partial charge >= 0.3 is 5.69 Å². The molecule has 232 valence electrons. The lowest BCUT2D eigenvalue weighted by atomic mass is 10.1. The van der Waals surface area contributed by atoms with Crippen LogP contribution in [-0.2, 0) is 4.79 Å². The first-order valence-electron chi connectivity index (χ1n) is 14.7. The molecule has 0 spiro atoms. The lowest BCUT2D eigenvalue weighted by Crippen LogP contribution is -2.58. The van der Waals surface area contributed by atoms with Crippen molar-refractivity contribution in [2.75, 3.05) is 31.2 Å². The van der Waals surface area contributed by atoms with E-state index in [-0.39, 0.29) is 60.5 Å². The van der Waals surface area contributed by atoms with Gasteiger partial charge in [-0.05, 0) is 51.0 Å². The average Bonchev–Trinajstić information content (AvgIpc) is 3.86. The highest BCUT2D eigenvalue weighted by Crippen LogP contribution is 2.45. The van der Waals surface area contributed by atoms with Crippen LogP contribution in [0.5, 0.6) is 11.5 Å². The van der Waals surface area contributed by atoms with E-state index in [0.29, 0.717) is 23.7 Å². The number of rotatable bonds is 3. The number of piperazine rings is 1. The predicted octanol–water partition coefficient (Wildman–Crippen LogP) is 4.52. The Morgan fingerprint density at radius 3 is 2.51 bits per heavy atom. The van der Waals surface area contributed by atoms with Crippen LogP contribution in [0.4, 0.5) is 19.0 Å². The number of fused-ring (bicyclic) bond motifs is 5. The fraction of sp³-hybridized carbons (Fsp3) is 0.344. The number of benzene rings is 1. The molecule has 2 bridgehead atoms. The van der Waals surface area contributed by atoms with Gasteiger partial charge in [-0.3, -0.25) is 9.78 Å². The zero-order valence-electron chi connectivity index (χ0n) is 24.6. The van der Waals surface area contributed by atoms with E-state index in [1.807, 2.05) is 18.7 Å². The highest BCUT2D eigenvalue weighted by molar-refractivity contribution is 5.92. The van der Waals surface area contributed by atoms with E-state index < -0.39 is 40.1 Å². The number of ether oxygens (including phenoxy) is 2. The largest absolute Gasteiger partial charge is 0.488 e. The molecular weight excluding hydrogens is 589 g/mol. The smallest absolute Gasteiger partial charge is 0.356 e.